The summed E-state index contributed by atoms with van der Waals surface area (Å²) in [5, 5.41) is 20.5. The maximum atomic E-state index is 11.9. The van der Waals surface area contributed by atoms with Crippen LogP contribution in [0.2, 0.25) is 10.1 Å². The zero-order chi connectivity index (χ0) is 14.7. The van der Waals surface area contributed by atoms with Gasteiger partial charge in [-0.25, -0.2) is 0 Å². The number of anilines is 1. The van der Waals surface area contributed by atoms with Crippen LogP contribution in [0.25, 0.3) is 0 Å². The SMILES string of the molecule is CCC[Se]C1[C@@H](O)[C@@H](CO)O[C@H]1n1ccc(N)nc1=O. The molecule has 1 unspecified atom stereocenters. The Balaban J connectivity index is 2.29. The number of hydrogen-bond acceptors (Lipinski definition) is 6. The van der Waals surface area contributed by atoms with Crippen LogP contribution in [-0.4, -0.2) is 53.5 Å². The molecule has 4 N–H and O–H groups in total. The minimum atomic E-state index is -0.763. The van der Waals surface area contributed by atoms with E-state index >= 15 is 0 Å². The van der Waals surface area contributed by atoms with E-state index in [0.29, 0.717) is 0 Å². The van der Waals surface area contributed by atoms with Crippen LogP contribution >= 0.6 is 0 Å². The number of nitrogen functional groups attached to an aromatic ring is 1. The van der Waals surface area contributed by atoms with Crippen LogP contribution in [0.1, 0.15) is 19.6 Å². The van der Waals surface area contributed by atoms with Gasteiger partial charge in [0.15, 0.2) is 0 Å². The van der Waals surface area contributed by atoms with E-state index in [-0.39, 0.29) is 32.2 Å². The molecule has 1 fully saturated rings. The maximum absolute atomic E-state index is 11.9. The second-order valence-electron chi connectivity index (χ2n) is 4.62. The van der Waals surface area contributed by atoms with Crippen LogP contribution in [0.15, 0.2) is 17.1 Å². The molecule has 1 aromatic heterocycles. The van der Waals surface area contributed by atoms with Gasteiger partial charge in [0, 0.05) is 0 Å². The van der Waals surface area contributed by atoms with Crippen LogP contribution in [0.5, 0.6) is 0 Å². The first-order valence-electron chi connectivity index (χ1n) is 6.49. The van der Waals surface area contributed by atoms with E-state index in [9.17, 15) is 15.0 Å². The third-order valence-electron chi connectivity index (χ3n) is 3.13. The Kier molecular flexibility index (Phi) is 5.17. The van der Waals surface area contributed by atoms with Gasteiger partial charge in [-0.15, -0.1) is 0 Å². The molecule has 2 heterocycles. The molecule has 0 radical (unpaired) electrons. The molecule has 112 valence electrons. The van der Waals surface area contributed by atoms with Crippen LogP contribution < -0.4 is 11.4 Å². The summed E-state index contributed by atoms with van der Waals surface area (Å²) in [6.45, 7) is 1.80. The molecule has 0 spiro atoms. The van der Waals surface area contributed by atoms with Crippen molar-refractivity contribution in [1.29, 1.82) is 0 Å². The molecule has 0 aliphatic carbocycles. The molecule has 0 bridgehead atoms. The number of ether oxygens (including phenoxy) is 1. The Labute approximate surface area is 122 Å². The van der Waals surface area contributed by atoms with Crippen molar-refractivity contribution in [3.63, 3.8) is 0 Å². The van der Waals surface area contributed by atoms with Crippen molar-refractivity contribution in [3.05, 3.63) is 22.7 Å². The molecule has 1 aliphatic rings. The second-order valence-corrected chi connectivity index (χ2v) is 7.31. The van der Waals surface area contributed by atoms with E-state index in [4.69, 9.17) is 10.5 Å². The fourth-order valence-corrected chi connectivity index (χ4v) is 4.75. The third-order valence-corrected chi connectivity index (χ3v) is 6.36. The van der Waals surface area contributed by atoms with E-state index in [0.717, 1.165) is 11.7 Å². The Morgan fingerprint density at radius 1 is 1.60 bits per heavy atom. The molecule has 0 amide bonds. The van der Waals surface area contributed by atoms with Gasteiger partial charge in [0.2, 0.25) is 0 Å². The Bertz CT molecular complexity index is 510. The number of rotatable bonds is 5. The van der Waals surface area contributed by atoms with Crippen molar-refractivity contribution in [3.8, 4) is 0 Å². The summed E-state index contributed by atoms with van der Waals surface area (Å²) >= 11 is 0.115. The van der Waals surface area contributed by atoms with Gasteiger partial charge in [-0.3, -0.25) is 0 Å². The van der Waals surface area contributed by atoms with Gasteiger partial charge in [0.1, 0.15) is 0 Å². The average molecular weight is 348 g/mol. The Morgan fingerprint density at radius 3 is 2.95 bits per heavy atom. The standard InChI is InChI=1S/C12H19N3O4Se/c1-2-5-20-10-9(17)7(6-16)19-11(10)15-4-3-8(13)14-12(15)18/h3-4,7,9-11,16-17H,2,5-6H2,1H3,(H2,13,14,18)/t7-,9+,10?,11-/m1/s1. The van der Waals surface area contributed by atoms with E-state index in [1.807, 2.05) is 0 Å². The van der Waals surface area contributed by atoms with Gasteiger partial charge in [-0.2, -0.15) is 0 Å². The molecule has 1 aliphatic heterocycles. The zero-order valence-electron chi connectivity index (χ0n) is 11.2. The summed E-state index contributed by atoms with van der Waals surface area (Å²) in [7, 11) is 0. The predicted octanol–water partition coefficient (Wildman–Crippen LogP) is -0.603. The van der Waals surface area contributed by atoms with Crippen LogP contribution in [0, 0.1) is 0 Å². The summed E-state index contributed by atoms with van der Waals surface area (Å²) in [6, 6.07) is 1.52. The monoisotopic (exact) mass is 349 g/mol. The van der Waals surface area contributed by atoms with Gasteiger partial charge < -0.3 is 0 Å². The first kappa shape index (κ1) is 15.5. The zero-order valence-corrected chi connectivity index (χ0v) is 12.9. The average Bonchev–Trinajstić information content (AvgIpc) is 2.73. The molecule has 2 rings (SSSR count). The first-order valence-corrected chi connectivity index (χ1v) is 8.69. The summed E-state index contributed by atoms with van der Waals surface area (Å²) in [4.78, 5) is 15.4. The van der Waals surface area contributed by atoms with E-state index in [1.165, 1.54) is 16.8 Å². The van der Waals surface area contributed by atoms with Crippen LogP contribution in [0.4, 0.5) is 5.82 Å². The van der Waals surface area contributed by atoms with Crippen molar-refractivity contribution in [2.45, 2.75) is 41.9 Å². The number of nitrogens with zero attached hydrogens (tertiary/aromatic N) is 2. The van der Waals surface area contributed by atoms with Gasteiger partial charge in [0.05, 0.1) is 0 Å². The van der Waals surface area contributed by atoms with Crippen molar-refractivity contribution in [1.82, 2.24) is 9.55 Å². The normalized spacial score (nSPS) is 29.8. The van der Waals surface area contributed by atoms with Gasteiger partial charge >= 0.3 is 122 Å². The molecule has 20 heavy (non-hydrogen) atoms. The van der Waals surface area contributed by atoms with Gasteiger partial charge in [-0.05, 0) is 0 Å². The number of hydrogen-bond donors (Lipinski definition) is 3. The van der Waals surface area contributed by atoms with Crippen molar-refractivity contribution >= 4 is 20.8 Å². The number of nitrogens with two attached hydrogens (primary N) is 1. The minimum absolute atomic E-state index is 0.115. The second kappa shape index (κ2) is 6.69. The molecule has 0 saturated carbocycles. The molecule has 1 aromatic rings. The Morgan fingerprint density at radius 2 is 2.35 bits per heavy atom. The quantitative estimate of drug-likeness (QED) is 0.613. The number of aromatic nitrogens is 2. The molecule has 8 heteroatoms. The van der Waals surface area contributed by atoms with E-state index in [2.05, 4.69) is 11.9 Å². The fourth-order valence-electron chi connectivity index (χ4n) is 2.15. The molecular formula is C12H19N3O4Se. The number of aliphatic hydroxyl groups excluding tert-OH is 2. The van der Waals surface area contributed by atoms with E-state index in [1.54, 1.807) is 0 Å². The van der Waals surface area contributed by atoms with Crippen molar-refractivity contribution in [2.75, 3.05) is 12.3 Å². The van der Waals surface area contributed by atoms with Gasteiger partial charge in [0.25, 0.3) is 0 Å². The summed E-state index contributed by atoms with van der Waals surface area (Å²) < 4.78 is 6.98. The van der Waals surface area contributed by atoms with Crippen LogP contribution in [0.3, 0.4) is 0 Å². The summed E-state index contributed by atoms with van der Waals surface area (Å²) in [5.74, 6) is 0.152. The molecule has 7 nitrogen and oxygen atoms in total. The van der Waals surface area contributed by atoms with Gasteiger partial charge in [-0.1, -0.05) is 0 Å². The molecule has 1 saturated heterocycles. The van der Waals surface area contributed by atoms with E-state index < -0.39 is 24.1 Å². The predicted molar refractivity (Wildman–Crippen MR) is 74.5 cm³/mol. The molecular weight excluding hydrogens is 329 g/mol. The van der Waals surface area contributed by atoms with Crippen molar-refractivity contribution in [2.24, 2.45) is 0 Å². The topological polar surface area (TPSA) is 111 Å². The molecule has 4 atom stereocenters. The summed E-state index contributed by atoms with van der Waals surface area (Å²) in [5.41, 5.74) is 4.97. The third kappa shape index (κ3) is 3.05. The molecule has 0 aromatic carbocycles. The fraction of sp³-hybridized carbons (Fsp3) is 0.667. The Hall–Kier alpha value is -0.921. The first-order chi connectivity index (χ1) is 9.58. The number of aliphatic hydroxyl groups is 2. The van der Waals surface area contributed by atoms with Crippen molar-refractivity contribution < 1.29 is 14.9 Å². The summed E-state index contributed by atoms with van der Waals surface area (Å²) in [6.07, 6.45) is 0.523. The van der Waals surface area contributed by atoms with Crippen LogP contribution in [-0.2, 0) is 4.74 Å².